The Balaban J connectivity index is 1.21. The second kappa shape index (κ2) is 20.5. The van der Waals surface area contributed by atoms with Gasteiger partial charge in [-0.2, -0.15) is 0 Å². The fourth-order valence-electron chi connectivity index (χ4n) is 6.87. The molecule has 54 heavy (non-hydrogen) atoms. The number of carboxylic acids is 1. The Hall–Kier alpha value is -5.75. The highest BCUT2D eigenvalue weighted by atomic mass is 16.5. The fourth-order valence-corrected chi connectivity index (χ4v) is 6.87. The maximum absolute atomic E-state index is 12.8. The van der Waals surface area contributed by atoms with Crippen LogP contribution in [0, 0.1) is 41.4 Å². The highest BCUT2D eigenvalue weighted by Gasteiger charge is 2.31. The van der Waals surface area contributed by atoms with E-state index < -0.39 is 11.9 Å². The van der Waals surface area contributed by atoms with Crippen molar-refractivity contribution in [2.75, 3.05) is 68.8 Å². The van der Waals surface area contributed by atoms with Gasteiger partial charge in [0, 0.05) is 49.5 Å². The normalized spacial score (nSPS) is 14.9. The van der Waals surface area contributed by atoms with Gasteiger partial charge < -0.3 is 43.3 Å². The van der Waals surface area contributed by atoms with Crippen molar-refractivity contribution < 1.29 is 47.9 Å². The summed E-state index contributed by atoms with van der Waals surface area (Å²) in [5.41, 5.74) is 1.30. The average molecular weight is 743 g/mol. The largest absolute Gasteiger partial charge is 0.493 e. The second-order valence-electron chi connectivity index (χ2n) is 13.1. The summed E-state index contributed by atoms with van der Waals surface area (Å²) in [6, 6.07) is 6.95. The first-order valence-corrected chi connectivity index (χ1v) is 17.9. The first-order valence-electron chi connectivity index (χ1n) is 17.9. The maximum Gasteiger partial charge on any atom is 0.306 e. The Kier molecular flexibility index (Phi) is 15.6. The van der Waals surface area contributed by atoms with Gasteiger partial charge in [-0.05, 0) is 86.8 Å². The summed E-state index contributed by atoms with van der Waals surface area (Å²) in [7, 11) is 9.21. The Morgan fingerprint density at radius 3 is 1.24 bits per heavy atom. The Morgan fingerprint density at radius 2 is 0.963 bits per heavy atom. The number of piperidine rings is 2. The van der Waals surface area contributed by atoms with Crippen molar-refractivity contribution in [1.82, 2.24) is 9.80 Å². The second-order valence-corrected chi connectivity index (χ2v) is 13.1. The molecule has 0 aromatic heterocycles. The molecule has 0 saturated carbocycles. The van der Waals surface area contributed by atoms with Crippen LogP contribution in [0.15, 0.2) is 48.6 Å². The summed E-state index contributed by atoms with van der Waals surface area (Å²) in [6.45, 7) is 2.28. The number of aliphatic carboxylic acids is 1. The molecule has 2 amide bonds. The molecule has 2 aliphatic heterocycles. The molecule has 0 spiro atoms. The smallest absolute Gasteiger partial charge is 0.306 e. The van der Waals surface area contributed by atoms with E-state index in [1.807, 2.05) is 0 Å². The zero-order valence-corrected chi connectivity index (χ0v) is 31.9. The number of carbonyl (C=O) groups excluding carboxylic acids is 2. The lowest BCUT2D eigenvalue weighted by molar-refractivity contribution is -0.144. The lowest BCUT2D eigenvalue weighted by Crippen LogP contribution is -2.39. The summed E-state index contributed by atoms with van der Waals surface area (Å²) in [5.74, 6) is 13.7. The number of rotatable bonds is 13. The van der Waals surface area contributed by atoms with Crippen molar-refractivity contribution >= 4 is 17.8 Å². The standard InChI is InChI=1S/C42H50N2O10/c1-49-34-25-31(26-35(50-2)40(34)53-5)11-7-9-13-38(45)43-19-15-29(16-20-43)23-33(42(47)48)24-30-17-21-44(22-18-30)39(46)14-10-8-12-32-27-36(51-3)41(54-6)37(28-32)52-4/h9-10,13-14,25-30,33H,15-24H2,1-6H3,(H,47,48)/b13-9+,14-10+. The molecule has 12 nitrogen and oxygen atoms in total. The first kappa shape index (κ1) is 41.0. The van der Waals surface area contributed by atoms with Crippen LogP contribution < -0.4 is 28.4 Å². The highest BCUT2D eigenvalue weighted by molar-refractivity contribution is 5.88. The van der Waals surface area contributed by atoms with E-state index in [2.05, 4.69) is 23.7 Å². The van der Waals surface area contributed by atoms with Gasteiger partial charge in [0.1, 0.15) is 0 Å². The molecule has 288 valence electrons. The van der Waals surface area contributed by atoms with Crippen LogP contribution in [0.5, 0.6) is 34.5 Å². The number of carbonyl (C=O) groups is 3. The van der Waals surface area contributed by atoms with E-state index in [0.29, 0.717) is 84.6 Å². The van der Waals surface area contributed by atoms with Gasteiger partial charge in [-0.25, -0.2) is 0 Å². The van der Waals surface area contributed by atoms with Crippen LogP contribution in [-0.4, -0.2) is 102 Å². The van der Waals surface area contributed by atoms with Crippen molar-refractivity contribution in [2.45, 2.75) is 38.5 Å². The Morgan fingerprint density at radius 1 is 0.630 bits per heavy atom. The zero-order valence-electron chi connectivity index (χ0n) is 31.9. The number of carboxylic acid groups (broad SMARTS) is 1. The van der Waals surface area contributed by atoms with Crippen LogP contribution in [0.2, 0.25) is 0 Å². The summed E-state index contributed by atoms with van der Waals surface area (Å²) >= 11 is 0. The molecule has 2 saturated heterocycles. The summed E-state index contributed by atoms with van der Waals surface area (Å²) in [6.07, 6.45) is 10.2. The molecule has 2 aromatic rings. The predicted molar refractivity (Wildman–Crippen MR) is 203 cm³/mol. The number of ether oxygens (including phenoxy) is 6. The van der Waals surface area contributed by atoms with Gasteiger partial charge in [-0.1, -0.05) is 23.7 Å². The van der Waals surface area contributed by atoms with Gasteiger partial charge >= 0.3 is 5.97 Å². The van der Waals surface area contributed by atoms with Crippen LogP contribution in [0.4, 0.5) is 0 Å². The number of hydrogen-bond acceptors (Lipinski definition) is 9. The minimum atomic E-state index is -0.783. The minimum Gasteiger partial charge on any atom is -0.493 e. The third-order valence-electron chi connectivity index (χ3n) is 9.82. The molecule has 2 aliphatic rings. The first-order chi connectivity index (χ1) is 26.1. The lowest BCUT2D eigenvalue weighted by Gasteiger charge is -2.35. The van der Waals surface area contributed by atoms with Gasteiger partial charge in [-0.3, -0.25) is 14.4 Å². The van der Waals surface area contributed by atoms with Gasteiger partial charge in [0.2, 0.25) is 23.3 Å². The third kappa shape index (κ3) is 11.1. The average Bonchev–Trinajstić information content (AvgIpc) is 3.20. The van der Waals surface area contributed by atoms with E-state index in [0.717, 1.165) is 25.7 Å². The molecule has 2 aromatic carbocycles. The molecule has 0 atom stereocenters. The third-order valence-corrected chi connectivity index (χ3v) is 9.82. The highest BCUT2D eigenvalue weighted by Crippen LogP contribution is 2.39. The molecular weight excluding hydrogens is 692 g/mol. The molecule has 0 aliphatic carbocycles. The molecule has 0 bridgehead atoms. The van der Waals surface area contributed by atoms with E-state index in [4.69, 9.17) is 28.4 Å². The van der Waals surface area contributed by atoms with Crippen molar-refractivity contribution in [2.24, 2.45) is 17.8 Å². The maximum atomic E-state index is 12.8. The van der Waals surface area contributed by atoms with Crippen LogP contribution in [0.1, 0.15) is 49.7 Å². The van der Waals surface area contributed by atoms with Crippen LogP contribution in [-0.2, 0) is 14.4 Å². The SMILES string of the molecule is COc1cc(C#C/C=C/C(=O)N2CCC(CC(CC3CCN(C(=O)/C=C/C#Cc4cc(OC)c(OC)c(OC)c4)CC3)C(=O)O)CC2)cc(OC)c1OC. The van der Waals surface area contributed by atoms with E-state index in [1.165, 1.54) is 67.0 Å². The van der Waals surface area contributed by atoms with Crippen LogP contribution in [0.25, 0.3) is 0 Å². The molecule has 1 N–H and O–H groups in total. The van der Waals surface area contributed by atoms with Crippen molar-refractivity contribution in [3.8, 4) is 58.2 Å². The monoisotopic (exact) mass is 742 g/mol. The number of benzene rings is 2. The van der Waals surface area contributed by atoms with Crippen LogP contribution >= 0.6 is 0 Å². The molecule has 0 radical (unpaired) electrons. The molecule has 12 heteroatoms. The van der Waals surface area contributed by atoms with Gasteiger partial charge in [0.05, 0.1) is 48.6 Å². The predicted octanol–water partition coefficient (Wildman–Crippen LogP) is 5.21. The minimum absolute atomic E-state index is 0.121. The fraction of sp³-hybridized carbons (Fsp3) is 0.452. The number of nitrogens with zero attached hydrogens (tertiary/aromatic N) is 2. The van der Waals surface area contributed by atoms with E-state index in [1.54, 1.807) is 34.1 Å². The van der Waals surface area contributed by atoms with Crippen molar-refractivity contribution in [3.63, 3.8) is 0 Å². The summed E-state index contributed by atoms with van der Waals surface area (Å²) in [5, 5.41) is 10.1. The van der Waals surface area contributed by atoms with E-state index >= 15 is 0 Å². The molecule has 2 heterocycles. The number of allylic oxidation sites excluding steroid dienone is 2. The molecule has 0 unspecified atom stereocenters. The number of methoxy groups -OCH3 is 6. The summed E-state index contributed by atoms with van der Waals surface area (Å²) in [4.78, 5) is 41.5. The quantitative estimate of drug-likeness (QED) is 0.216. The van der Waals surface area contributed by atoms with Crippen molar-refractivity contribution in [3.05, 3.63) is 59.7 Å². The lowest BCUT2D eigenvalue weighted by atomic mass is 9.80. The topological polar surface area (TPSA) is 133 Å². The van der Waals surface area contributed by atoms with Gasteiger partial charge in [-0.15, -0.1) is 0 Å². The van der Waals surface area contributed by atoms with E-state index in [-0.39, 0.29) is 23.7 Å². The molecular formula is C42H50N2O10. The van der Waals surface area contributed by atoms with Crippen molar-refractivity contribution in [1.29, 1.82) is 0 Å². The zero-order chi connectivity index (χ0) is 39.0. The Labute approximate surface area is 318 Å². The van der Waals surface area contributed by atoms with E-state index in [9.17, 15) is 19.5 Å². The molecule has 2 fully saturated rings. The van der Waals surface area contributed by atoms with Gasteiger partial charge in [0.15, 0.2) is 23.0 Å². The number of hydrogen-bond donors (Lipinski definition) is 1. The molecule has 4 rings (SSSR count). The van der Waals surface area contributed by atoms with Crippen LogP contribution in [0.3, 0.4) is 0 Å². The number of amides is 2. The Bertz CT molecular complexity index is 1640. The van der Waals surface area contributed by atoms with Gasteiger partial charge in [0.25, 0.3) is 0 Å². The summed E-state index contributed by atoms with van der Waals surface area (Å²) < 4.78 is 32.1. The number of likely N-dealkylation sites (tertiary alicyclic amines) is 2.